The predicted molar refractivity (Wildman–Crippen MR) is 99.6 cm³/mol. The summed E-state index contributed by atoms with van der Waals surface area (Å²) in [7, 11) is -3.24. The van der Waals surface area contributed by atoms with Gasteiger partial charge in [-0.15, -0.1) is 0 Å². The first-order chi connectivity index (χ1) is 12.5. The lowest BCUT2D eigenvalue weighted by Gasteiger charge is -2.17. The molecule has 0 aromatic heterocycles. The molecule has 7 nitrogen and oxygen atoms in total. The van der Waals surface area contributed by atoms with E-state index in [4.69, 9.17) is 0 Å². The molecule has 1 saturated heterocycles. The summed E-state index contributed by atoms with van der Waals surface area (Å²) in [6.07, 6.45) is 0.598. The number of hydrogen-bond donors (Lipinski definition) is 2. The monoisotopic (exact) mass is 373 g/mol. The van der Waals surface area contributed by atoms with Crippen molar-refractivity contribution >= 4 is 33.2 Å². The molecule has 136 valence electrons. The van der Waals surface area contributed by atoms with Crippen LogP contribution in [0.3, 0.4) is 0 Å². The maximum Gasteiger partial charge on any atom is 0.251 e. The van der Waals surface area contributed by atoms with Crippen molar-refractivity contribution in [2.45, 2.75) is 6.42 Å². The van der Waals surface area contributed by atoms with Crippen LogP contribution in [-0.4, -0.2) is 39.1 Å². The van der Waals surface area contributed by atoms with E-state index in [1.165, 1.54) is 4.31 Å². The van der Waals surface area contributed by atoms with Gasteiger partial charge < -0.3 is 10.6 Å². The molecule has 1 aliphatic rings. The second-order valence-corrected chi connectivity index (χ2v) is 7.90. The largest absolute Gasteiger partial charge is 0.343 e. The van der Waals surface area contributed by atoms with Crippen LogP contribution in [0.25, 0.3) is 0 Å². The third kappa shape index (κ3) is 4.20. The van der Waals surface area contributed by atoms with Crippen molar-refractivity contribution in [2.24, 2.45) is 0 Å². The summed E-state index contributed by atoms with van der Waals surface area (Å²) >= 11 is 0. The molecule has 3 rings (SSSR count). The standard InChI is InChI=1S/C18H19N3O4S/c22-17(20-15-5-2-1-3-6-15)13-19-18(23)14-7-9-16(10-8-14)21-11-4-12-26(21,24)25/h1-3,5-10H,4,11-13H2,(H,19,23)(H,20,22). The van der Waals surface area contributed by atoms with Gasteiger partial charge in [0.15, 0.2) is 0 Å². The maximum atomic E-state index is 12.1. The quantitative estimate of drug-likeness (QED) is 0.832. The molecule has 0 radical (unpaired) electrons. The Morgan fingerprint density at radius 3 is 2.31 bits per heavy atom. The molecule has 0 spiro atoms. The van der Waals surface area contributed by atoms with E-state index in [9.17, 15) is 18.0 Å². The van der Waals surface area contributed by atoms with E-state index < -0.39 is 15.9 Å². The fourth-order valence-corrected chi connectivity index (χ4v) is 4.26. The highest BCUT2D eigenvalue weighted by molar-refractivity contribution is 7.93. The molecular formula is C18H19N3O4S. The van der Waals surface area contributed by atoms with Crippen molar-refractivity contribution < 1.29 is 18.0 Å². The number of nitrogens with one attached hydrogen (secondary N) is 2. The van der Waals surface area contributed by atoms with Gasteiger partial charge in [-0.1, -0.05) is 18.2 Å². The minimum atomic E-state index is -3.24. The number of carbonyl (C=O) groups is 2. The molecule has 1 fully saturated rings. The zero-order valence-electron chi connectivity index (χ0n) is 14.0. The van der Waals surface area contributed by atoms with Crippen LogP contribution in [0.2, 0.25) is 0 Å². The van der Waals surface area contributed by atoms with Crippen molar-refractivity contribution in [3.05, 3.63) is 60.2 Å². The summed E-state index contributed by atoms with van der Waals surface area (Å²) in [5.41, 5.74) is 1.56. The highest BCUT2D eigenvalue weighted by atomic mass is 32.2. The number of sulfonamides is 1. The molecule has 0 atom stereocenters. The van der Waals surface area contributed by atoms with Crippen LogP contribution in [0.1, 0.15) is 16.8 Å². The first kappa shape index (κ1) is 17.9. The number of rotatable bonds is 5. The van der Waals surface area contributed by atoms with Gasteiger partial charge in [0.05, 0.1) is 18.0 Å². The third-order valence-electron chi connectivity index (χ3n) is 3.98. The molecule has 0 unspecified atom stereocenters. The fraction of sp³-hybridized carbons (Fsp3) is 0.222. The third-order valence-corrected chi connectivity index (χ3v) is 5.85. The van der Waals surface area contributed by atoms with Gasteiger partial charge >= 0.3 is 0 Å². The van der Waals surface area contributed by atoms with Crippen LogP contribution >= 0.6 is 0 Å². The molecule has 0 aliphatic carbocycles. The average Bonchev–Trinajstić information content (AvgIpc) is 3.00. The fourth-order valence-electron chi connectivity index (χ4n) is 2.70. The van der Waals surface area contributed by atoms with Crippen molar-refractivity contribution in [2.75, 3.05) is 28.5 Å². The number of hydrogen-bond acceptors (Lipinski definition) is 4. The summed E-state index contributed by atoms with van der Waals surface area (Å²) in [6, 6.07) is 15.3. The molecule has 2 aromatic rings. The summed E-state index contributed by atoms with van der Waals surface area (Å²) in [5, 5.41) is 5.22. The van der Waals surface area contributed by atoms with Crippen LogP contribution in [0, 0.1) is 0 Å². The SMILES string of the molecule is O=C(CNC(=O)c1ccc(N2CCCS2(=O)=O)cc1)Nc1ccccc1. The van der Waals surface area contributed by atoms with Crippen molar-refractivity contribution in [3.63, 3.8) is 0 Å². The van der Waals surface area contributed by atoms with Gasteiger partial charge in [0.2, 0.25) is 15.9 Å². The van der Waals surface area contributed by atoms with Gasteiger partial charge in [-0.3, -0.25) is 13.9 Å². The first-order valence-corrected chi connectivity index (χ1v) is 9.80. The minimum absolute atomic E-state index is 0.145. The van der Waals surface area contributed by atoms with Crippen LogP contribution < -0.4 is 14.9 Å². The van der Waals surface area contributed by atoms with E-state index in [0.717, 1.165) is 0 Å². The lowest BCUT2D eigenvalue weighted by atomic mass is 10.2. The normalized spacial score (nSPS) is 15.5. The molecular weight excluding hydrogens is 354 g/mol. The Bertz CT molecular complexity index is 896. The number of amides is 2. The molecule has 2 aromatic carbocycles. The summed E-state index contributed by atoms with van der Waals surface area (Å²) < 4.78 is 25.2. The molecule has 1 heterocycles. The Hall–Kier alpha value is -2.87. The van der Waals surface area contributed by atoms with Crippen molar-refractivity contribution in [3.8, 4) is 0 Å². The smallest absolute Gasteiger partial charge is 0.251 e. The summed E-state index contributed by atoms with van der Waals surface area (Å²) in [4.78, 5) is 24.0. The zero-order valence-corrected chi connectivity index (χ0v) is 14.8. The maximum absolute atomic E-state index is 12.1. The first-order valence-electron chi connectivity index (χ1n) is 8.19. The van der Waals surface area contributed by atoms with Crippen LogP contribution in [0.4, 0.5) is 11.4 Å². The Labute approximate surface area is 152 Å². The van der Waals surface area contributed by atoms with Gasteiger partial charge in [-0.2, -0.15) is 0 Å². The second-order valence-electron chi connectivity index (χ2n) is 5.89. The number of benzene rings is 2. The number of carbonyl (C=O) groups excluding carboxylic acids is 2. The van der Waals surface area contributed by atoms with E-state index in [-0.39, 0.29) is 18.2 Å². The van der Waals surface area contributed by atoms with E-state index in [2.05, 4.69) is 10.6 Å². The highest BCUT2D eigenvalue weighted by Crippen LogP contribution is 2.24. The van der Waals surface area contributed by atoms with Gasteiger partial charge in [0, 0.05) is 17.8 Å². The van der Waals surface area contributed by atoms with Gasteiger partial charge in [0.25, 0.3) is 5.91 Å². The molecule has 8 heteroatoms. The number of nitrogens with zero attached hydrogens (tertiary/aromatic N) is 1. The second kappa shape index (κ2) is 7.57. The van der Waals surface area contributed by atoms with Crippen molar-refractivity contribution in [1.29, 1.82) is 0 Å². The number of anilines is 2. The van der Waals surface area contributed by atoms with Gasteiger partial charge in [-0.25, -0.2) is 8.42 Å². The molecule has 1 aliphatic heterocycles. The lowest BCUT2D eigenvalue weighted by Crippen LogP contribution is -2.32. The summed E-state index contributed by atoms with van der Waals surface area (Å²) in [5.74, 6) is -0.584. The molecule has 2 N–H and O–H groups in total. The Morgan fingerprint density at radius 2 is 1.69 bits per heavy atom. The van der Waals surface area contributed by atoms with Gasteiger partial charge in [0.1, 0.15) is 0 Å². The Balaban J connectivity index is 1.56. The number of para-hydroxylation sites is 1. The summed E-state index contributed by atoms with van der Waals surface area (Å²) in [6.45, 7) is 0.295. The lowest BCUT2D eigenvalue weighted by molar-refractivity contribution is -0.115. The Kier molecular flexibility index (Phi) is 5.22. The molecule has 0 saturated carbocycles. The van der Waals surface area contributed by atoms with Gasteiger partial charge in [-0.05, 0) is 42.8 Å². The zero-order chi connectivity index (χ0) is 18.6. The topological polar surface area (TPSA) is 95.6 Å². The molecule has 26 heavy (non-hydrogen) atoms. The molecule has 2 amide bonds. The van der Waals surface area contributed by atoms with Crippen molar-refractivity contribution in [1.82, 2.24) is 5.32 Å². The Morgan fingerprint density at radius 1 is 1.00 bits per heavy atom. The van der Waals surface area contributed by atoms with Crippen LogP contribution in [0.5, 0.6) is 0 Å². The van der Waals surface area contributed by atoms with E-state index in [1.807, 2.05) is 6.07 Å². The minimum Gasteiger partial charge on any atom is -0.343 e. The average molecular weight is 373 g/mol. The van der Waals surface area contributed by atoms with Crippen LogP contribution in [-0.2, 0) is 14.8 Å². The van der Waals surface area contributed by atoms with E-state index >= 15 is 0 Å². The van der Waals surface area contributed by atoms with E-state index in [0.29, 0.717) is 29.9 Å². The molecule has 0 bridgehead atoms. The van der Waals surface area contributed by atoms with Crippen LogP contribution in [0.15, 0.2) is 54.6 Å². The predicted octanol–water partition coefficient (Wildman–Crippen LogP) is 1.59. The highest BCUT2D eigenvalue weighted by Gasteiger charge is 2.28. The van der Waals surface area contributed by atoms with E-state index in [1.54, 1.807) is 48.5 Å².